The molecule has 1 aliphatic carbocycles. The number of halogens is 1. The zero-order valence-electron chi connectivity index (χ0n) is 16.0. The van der Waals surface area contributed by atoms with Gasteiger partial charge in [-0.25, -0.2) is 4.39 Å². The largest absolute Gasteiger partial charge is 0.496 e. The number of likely N-dealkylation sites (tertiary alicyclic amines) is 1. The molecule has 1 saturated carbocycles. The number of hydrogen-bond donors (Lipinski definition) is 2. The van der Waals surface area contributed by atoms with E-state index in [1.807, 2.05) is 30.3 Å². The van der Waals surface area contributed by atoms with Crippen molar-refractivity contribution in [3.63, 3.8) is 0 Å². The molecule has 0 radical (unpaired) electrons. The molecule has 0 aromatic heterocycles. The number of nitrogens with one attached hydrogen (secondary N) is 1. The van der Waals surface area contributed by atoms with Gasteiger partial charge < -0.3 is 14.7 Å². The van der Waals surface area contributed by atoms with E-state index in [2.05, 4.69) is 6.07 Å². The maximum Gasteiger partial charge on any atom is 0.132 e. The molecule has 1 saturated heterocycles. The molecule has 144 valence electrons. The van der Waals surface area contributed by atoms with E-state index >= 15 is 0 Å². The second-order valence-corrected chi connectivity index (χ2v) is 8.10. The molecule has 2 aromatic carbocycles. The number of methoxy groups -OCH3 is 1. The molecule has 0 amide bonds. The third-order valence-electron chi connectivity index (χ3n) is 6.64. The minimum absolute atomic E-state index is 0.111. The van der Waals surface area contributed by atoms with Crippen LogP contribution < -0.4 is 9.64 Å². The lowest BCUT2D eigenvalue weighted by molar-refractivity contribution is -0.958. The summed E-state index contributed by atoms with van der Waals surface area (Å²) in [6.07, 6.45) is 4.91. The van der Waals surface area contributed by atoms with Crippen LogP contribution in [0.4, 0.5) is 4.39 Å². The first-order valence-electron chi connectivity index (χ1n) is 10.1. The van der Waals surface area contributed by atoms with Gasteiger partial charge in [0.25, 0.3) is 0 Å². The van der Waals surface area contributed by atoms with E-state index in [0.717, 1.165) is 55.5 Å². The number of para-hydroxylation sites is 1. The number of aliphatic hydroxyl groups is 1. The molecule has 1 unspecified atom stereocenters. The Kier molecular flexibility index (Phi) is 5.20. The van der Waals surface area contributed by atoms with Crippen molar-refractivity contribution in [3.05, 3.63) is 65.5 Å². The number of benzene rings is 2. The minimum atomic E-state index is -0.609. The Hall–Kier alpha value is -1.91. The van der Waals surface area contributed by atoms with Crippen LogP contribution in [0.3, 0.4) is 0 Å². The first kappa shape index (κ1) is 18.5. The van der Waals surface area contributed by atoms with E-state index in [4.69, 9.17) is 4.74 Å². The van der Waals surface area contributed by atoms with Gasteiger partial charge in [0.15, 0.2) is 0 Å². The molecule has 2 aromatic rings. The van der Waals surface area contributed by atoms with Gasteiger partial charge in [-0.1, -0.05) is 43.2 Å². The monoisotopic (exact) mass is 370 g/mol. The van der Waals surface area contributed by atoms with E-state index in [0.29, 0.717) is 6.54 Å². The molecule has 27 heavy (non-hydrogen) atoms. The van der Waals surface area contributed by atoms with E-state index in [-0.39, 0.29) is 17.8 Å². The zero-order chi connectivity index (χ0) is 18.9. The van der Waals surface area contributed by atoms with Crippen LogP contribution in [0.1, 0.15) is 49.3 Å². The number of fused-ring (bicyclic) bond motifs is 1. The highest BCUT2D eigenvalue weighted by molar-refractivity contribution is 5.36. The third-order valence-corrected chi connectivity index (χ3v) is 6.64. The van der Waals surface area contributed by atoms with Crippen LogP contribution in [0.2, 0.25) is 0 Å². The number of rotatable bonds is 4. The molecule has 1 aliphatic heterocycles. The quantitative estimate of drug-likeness (QED) is 0.866. The van der Waals surface area contributed by atoms with E-state index in [1.54, 1.807) is 13.2 Å². The second-order valence-electron chi connectivity index (χ2n) is 8.10. The Morgan fingerprint density at radius 2 is 1.89 bits per heavy atom. The van der Waals surface area contributed by atoms with Crippen LogP contribution in [0.15, 0.2) is 48.5 Å². The van der Waals surface area contributed by atoms with E-state index < -0.39 is 5.60 Å². The fourth-order valence-corrected chi connectivity index (χ4v) is 5.30. The Morgan fingerprint density at radius 1 is 1.11 bits per heavy atom. The lowest BCUT2D eigenvalue weighted by Gasteiger charge is -2.50. The average molecular weight is 370 g/mol. The Labute approximate surface area is 160 Å². The van der Waals surface area contributed by atoms with Gasteiger partial charge in [0.2, 0.25) is 0 Å². The summed E-state index contributed by atoms with van der Waals surface area (Å²) in [7, 11) is 1.70. The topological polar surface area (TPSA) is 33.9 Å². The molecule has 0 bridgehead atoms. The maximum absolute atomic E-state index is 14.3. The van der Waals surface area contributed by atoms with Crippen LogP contribution in [0, 0.1) is 11.7 Å². The highest BCUT2D eigenvalue weighted by atomic mass is 19.1. The van der Waals surface area contributed by atoms with Crippen molar-refractivity contribution in [2.75, 3.05) is 13.7 Å². The molecule has 2 aliphatic rings. The lowest BCUT2D eigenvalue weighted by atomic mass is 9.66. The van der Waals surface area contributed by atoms with Crippen LogP contribution in [0.25, 0.3) is 0 Å². The van der Waals surface area contributed by atoms with Gasteiger partial charge in [0, 0.05) is 17.9 Å². The summed E-state index contributed by atoms with van der Waals surface area (Å²) in [5.74, 6) is 0.898. The molecule has 2 N–H and O–H groups in total. The molecular formula is C23H29FNO2+. The van der Waals surface area contributed by atoms with Gasteiger partial charge in [-0.05, 0) is 31.0 Å². The molecule has 2 fully saturated rings. The first-order valence-corrected chi connectivity index (χ1v) is 10.1. The van der Waals surface area contributed by atoms with E-state index in [1.165, 1.54) is 11.0 Å². The normalized spacial score (nSPS) is 30.6. The predicted octanol–water partition coefficient (Wildman–Crippen LogP) is 3.29. The summed E-state index contributed by atoms with van der Waals surface area (Å²) in [6, 6.07) is 15.3. The molecule has 3 nitrogen and oxygen atoms in total. The summed E-state index contributed by atoms with van der Waals surface area (Å²) in [6.45, 7) is 1.46. The Balaban J connectivity index is 1.74. The molecular weight excluding hydrogens is 341 g/mol. The molecule has 4 heteroatoms. The van der Waals surface area contributed by atoms with Crippen LogP contribution in [-0.4, -0.2) is 24.4 Å². The summed E-state index contributed by atoms with van der Waals surface area (Å²) < 4.78 is 20.0. The van der Waals surface area contributed by atoms with Crippen molar-refractivity contribution in [1.82, 2.24) is 0 Å². The Morgan fingerprint density at radius 3 is 2.70 bits per heavy atom. The maximum atomic E-state index is 14.3. The molecule has 0 spiro atoms. The number of piperidine rings is 1. The molecule has 1 heterocycles. The van der Waals surface area contributed by atoms with Crippen LogP contribution >= 0.6 is 0 Å². The Bertz CT molecular complexity index is 795. The van der Waals surface area contributed by atoms with Crippen molar-refractivity contribution in [1.29, 1.82) is 0 Å². The van der Waals surface area contributed by atoms with Crippen molar-refractivity contribution < 1.29 is 19.1 Å². The van der Waals surface area contributed by atoms with Gasteiger partial charge in [-0.2, -0.15) is 0 Å². The van der Waals surface area contributed by atoms with Crippen molar-refractivity contribution in [2.24, 2.45) is 5.92 Å². The van der Waals surface area contributed by atoms with Crippen LogP contribution in [0.5, 0.6) is 5.75 Å². The smallest absolute Gasteiger partial charge is 0.132 e. The van der Waals surface area contributed by atoms with Crippen molar-refractivity contribution in [2.45, 2.75) is 50.3 Å². The number of hydrogen-bond acceptors (Lipinski definition) is 2. The van der Waals surface area contributed by atoms with Gasteiger partial charge in [0.1, 0.15) is 24.2 Å². The standard InChI is InChI=1S/C23H28FNO2/c1-27-21-12-5-3-9-18(21)22-19-10-6-7-13-23(19,26)14-15-25(22)16-17-8-2-4-11-20(17)24/h2-5,8-9,11-12,19,22,26H,6-7,10,13-16H2,1H3/p+1/t19-,22+,23+/m1/s1. The molecule has 4 rings (SSSR count). The molecule has 4 atom stereocenters. The van der Waals surface area contributed by atoms with Gasteiger partial charge >= 0.3 is 0 Å². The average Bonchev–Trinajstić information content (AvgIpc) is 2.69. The second kappa shape index (κ2) is 7.61. The predicted molar refractivity (Wildman–Crippen MR) is 103 cm³/mol. The summed E-state index contributed by atoms with van der Waals surface area (Å²) in [5, 5.41) is 11.4. The highest BCUT2D eigenvalue weighted by Crippen LogP contribution is 2.45. The van der Waals surface area contributed by atoms with E-state index in [9.17, 15) is 9.50 Å². The number of quaternary nitrogens is 1. The van der Waals surface area contributed by atoms with Crippen molar-refractivity contribution in [3.8, 4) is 5.75 Å². The lowest BCUT2D eigenvalue weighted by Crippen LogP contribution is -3.13. The summed E-state index contributed by atoms with van der Waals surface area (Å²) in [5.41, 5.74) is 1.27. The minimum Gasteiger partial charge on any atom is -0.496 e. The van der Waals surface area contributed by atoms with Gasteiger partial charge in [-0.3, -0.25) is 0 Å². The zero-order valence-corrected chi connectivity index (χ0v) is 16.0. The fourth-order valence-electron chi connectivity index (χ4n) is 5.30. The van der Waals surface area contributed by atoms with Crippen molar-refractivity contribution >= 4 is 0 Å². The number of ether oxygens (including phenoxy) is 1. The highest BCUT2D eigenvalue weighted by Gasteiger charge is 2.52. The van der Waals surface area contributed by atoms with Gasteiger partial charge in [0.05, 0.1) is 24.8 Å². The SMILES string of the molecule is COc1ccccc1[C@H]1[C@H]2CCCC[C@]2(O)CC[NH+]1Cc1ccccc1F. The van der Waals surface area contributed by atoms with Gasteiger partial charge in [-0.15, -0.1) is 0 Å². The third kappa shape index (κ3) is 3.48. The fraction of sp³-hybridized carbons (Fsp3) is 0.478. The van der Waals surface area contributed by atoms with Crippen LogP contribution in [-0.2, 0) is 6.54 Å². The summed E-state index contributed by atoms with van der Waals surface area (Å²) in [4.78, 5) is 1.32. The first-order chi connectivity index (χ1) is 13.1. The summed E-state index contributed by atoms with van der Waals surface area (Å²) >= 11 is 0.